The minimum atomic E-state index is -4.39. The molecule has 0 unspecified atom stereocenters. The number of nitrogen functional groups attached to an aromatic ring is 1. The highest BCUT2D eigenvalue weighted by molar-refractivity contribution is 5.43. The summed E-state index contributed by atoms with van der Waals surface area (Å²) in [5.74, 6) is 0.171. The largest absolute Gasteiger partial charge is 0.468 e. The number of rotatable bonds is 2. The fourth-order valence-corrected chi connectivity index (χ4v) is 1.54. The number of imidazole rings is 1. The maximum Gasteiger partial charge on any atom is 0.416 e. The molecule has 1 heterocycles. The van der Waals surface area contributed by atoms with Crippen molar-refractivity contribution in [3.63, 3.8) is 0 Å². The first-order chi connectivity index (χ1) is 8.41. The Hall–Kier alpha value is -2.18. The van der Waals surface area contributed by atoms with Crippen molar-refractivity contribution in [3.05, 3.63) is 36.0 Å². The molecule has 0 atom stereocenters. The molecule has 0 aliphatic carbocycles. The van der Waals surface area contributed by atoms with Crippen LogP contribution in [0.15, 0.2) is 30.5 Å². The Labute approximate surface area is 101 Å². The van der Waals surface area contributed by atoms with E-state index in [9.17, 15) is 13.2 Å². The zero-order valence-corrected chi connectivity index (χ0v) is 9.40. The summed E-state index contributed by atoms with van der Waals surface area (Å²) in [4.78, 5) is 3.83. The Kier molecular flexibility index (Phi) is 2.90. The van der Waals surface area contributed by atoms with E-state index in [0.717, 1.165) is 12.1 Å². The van der Waals surface area contributed by atoms with Gasteiger partial charge in [0, 0.05) is 0 Å². The summed E-state index contributed by atoms with van der Waals surface area (Å²) in [5.41, 5.74) is 5.02. The molecule has 4 nitrogen and oxygen atoms in total. The van der Waals surface area contributed by atoms with E-state index >= 15 is 0 Å². The number of aromatic nitrogens is 2. The summed E-state index contributed by atoms with van der Waals surface area (Å²) in [6, 6.07) is 4.96. The van der Waals surface area contributed by atoms with Crippen molar-refractivity contribution in [1.29, 1.82) is 0 Å². The minimum Gasteiger partial charge on any atom is -0.468 e. The molecular weight excluding hydrogens is 247 g/mol. The van der Waals surface area contributed by atoms with Crippen LogP contribution in [0.4, 0.5) is 19.0 Å². The highest BCUT2D eigenvalue weighted by atomic mass is 19.4. The summed E-state index contributed by atoms with van der Waals surface area (Å²) >= 11 is 0. The van der Waals surface area contributed by atoms with Gasteiger partial charge < -0.3 is 10.5 Å². The third kappa shape index (κ3) is 2.24. The molecule has 0 spiro atoms. The van der Waals surface area contributed by atoms with Crippen molar-refractivity contribution < 1.29 is 17.9 Å². The second-order valence-corrected chi connectivity index (χ2v) is 3.57. The lowest BCUT2D eigenvalue weighted by molar-refractivity contribution is -0.137. The van der Waals surface area contributed by atoms with Crippen LogP contribution in [0.2, 0.25) is 0 Å². The summed E-state index contributed by atoms with van der Waals surface area (Å²) < 4.78 is 44.1. The van der Waals surface area contributed by atoms with Crippen LogP contribution in [0.25, 0.3) is 5.69 Å². The van der Waals surface area contributed by atoms with E-state index in [1.807, 2.05) is 0 Å². The van der Waals surface area contributed by atoms with Gasteiger partial charge in [0.2, 0.25) is 0 Å². The molecule has 0 fully saturated rings. The second kappa shape index (κ2) is 4.25. The topological polar surface area (TPSA) is 53.1 Å². The van der Waals surface area contributed by atoms with Gasteiger partial charge in [-0.2, -0.15) is 18.2 Å². The van der Waals surface area contributed by atoms with Gasteiger partial charge in [-0.25, -0.2) is 0 Å². The molecule has 0 bridgehead atoms. The molecule has 96 valence electrons. The van der Waals surface area contributed by atoms with E-state index in [1.54, 1.807) is 0 Å². The predicted octanol–water partition coefficient (Wildman–Crippen LogP) is 2.48. The molecule has 0 saturated carbocycles. The molecule has 7 heteroatoms. The normalized spacial score (nSPS) is 11.6. The standard InChI is InChI=1S/C11H10F3N3O/c1-18-10-16-9(15)6-17(10)8-4-2-3-7(5-8)11(12,13)14/h2-6H,15H2,1H3. The van der Waals surface area contributed by atoms with E-state index < -0.39 is 11.7 Å². The minimum absolute atomic E-state index is 0.131. The first-order valence-electron chi connectivity index (χ1n) is 4.98. The number of ether oxygens (including phenoxy) is 1. The van der Waals surface area contributed by atoms with Gasteiger partial charge in [0.25, 0.3) is 0 Å². The molecule has 0 amide bonds. The van der Waals surface area contributed by atoms with Crippen molar-refractivity contribution in [2.75, 3.05) is 12.8 Å². The number of anilines is 1. The fourth-order valence-electron chi connectivity index (χ4n) is 1.54. The average Bonchev–Trinajstić information content (AvgIpc) is 2.69. The molecule has 1 aromatic heterocycles. The van der Waals surface area contributed by atoms with Gasteiger partial charge >= 0.3 is 12.2 Å². The van der Waals surface area contributed by atoms with Crippen LogP contribution < -0.4 is 10.5 Å². The predicted molar refractivity (Wildman–Crippen MR) is 59.5 cm³/mol. The third-order valence-corrected chi connectivity index (χ3v) is 2.33. The molecule has 2 rings (SSSR count). The number of nitrogens with two attached hydrogens (primary N) is 1. The quantitative estimate of drug-likeness (QED) is 0.899. The van der Waals surface area contributed by atoms with Gasteiger partial charge in [-0.15, -0.1) is 0 Å². The summed E-state index contributed by atoms with van der Waals surface area (Å²) in [7, 11) is 1.37. The van der Waals surface area contributed by atoms with E-state index in [2.05, 4.69) is 4.98 Å². The van der Waals surface area contributed by atoms with Gasteiger partial charge in [0.1, 0.15) is 5.82 Å². The smallest absolute Gasteiger partial charge is 0.416 e. The van der Waals surface area contributed by atoms with Gasteiger partial charge in [0.15, 0.2) is 0 Å². The first kappa shape index (κ1) is 12.3. The maximum absolute atomic E-state index is 12.6. The lowest BCUT2D eigenvalue weighted by atomic mass is 10.2. The average molecular weight is 257 g/mol. The first-order valence-corrected chi connectivity index (χ1v) is 4.98. The Morgan fingerprint density at radius 3 is 2.67 bits per heavy atom. The molecule has 0 radical (unpaired) electrons. The number of hydrogen-bond donors (Lipinski definition) is 1. The number of benzene rings is 1. The number of methoxy groups -OCH3 is 1. The molecule has 0 saturated heterocycles. The SMILES string of the molecule is COc1nc(N)cn1-c1cccc(C(F)(F)F)c1. The number of nitrogens with zero attached hydrogens (tertiary/aromatic N) is 2. The van der Waals surface area contributed by atoms with Crippen LogP contribution in [0.5, 0.6) is 6.01 Å². The van der Waals surface area contributed by atoms with Gasteiger partial charge in [-0.3, -0.25) is 4.57 Å². The molecule has 0 aliphatic heterocycles. The van der Waals surface area contributed by atoms with Crippen LogP contribution in [0, 0.1) is 0 Å². The van der Waals surface area contributed by atoms with Crippen molar-refractivity contribution >= 4 is 5.82 Å². The Balaban J connectivity index is 2.51. The Morgan fingerprint density at radius 1 is 1.33 bits per heavy atom. The molecule has 0 aliphatic rings. The molecule has 1 aromatic carbocycles. The van der Waals surface area contributed by atoms with Crippen molar-refractivity contribution in [2.45, 2.75) is 6.18 Å². The molecule has 2 aromatic rings. The van der Waals surface area contributed by atoms with Crippen LogP contribution in [0.1, 0.15) is 5.56 Å². The van der Waals surface area contributed by atoms with Gasteiger partial charge in [-0.1, -0.05) is 6.07 Å². The highest BCUT2D eigenvalue weighted by Gasteiger charge is 2.30. The fraction of sp³-hybridized carbons (Fsp3) is 0.182. The lowest BCUT2D eigenvalue weighted by Gasteiger charge is -2.10. The summed E-state index contributed by atoms with van der Waals surface area (Å²) in [6.07, 6.45) is -3.00. The van der Waals surface area contributed by atoms with Crippen molar-refractivity contribution in [1.82, 2.24) is 9.55 Å². The van der Waals surface area contributed by atoms with E-state index in [0.29, 0.717) is 0 Å². The monoisotopic (exact) mass is 257 g/mol. The van der Waals surface area contributed by atoms with Crippen molar-refractivity contribution in [3.8, 4) is 11.7 Å². The van der Waals surface area contributed by atoms with Crippen LogP contribution in [-0.2, 0) is 6.18 Å². The summed E-state index contributed by atoms with van der Waals surface area (Å²) in [6.45, 7) is 0. The molecule has 18 heavy (non-hydrogen) atoms. The van der Waals surface area contributed by atoms with Crippen LogP contribution >= 0.6 is 0 Å². The van der Waals surface area contributed by atoms with Crippen molar-refractivity contribution in [2.24, 2.45) is 0 Å². The third-order valence-electron chi connectivity index (χ3n) is 2.33. The van der Waals surface area contributed by atoms with Crippen LogP contribution in [-0.4, -0.2) is 16.7 Å². The maximum atomic E-state index is 12.6. The second-order valence-electron chi connectivity index (χ2n) is 3.57. The van der Waals surface area contributed by atoms with Crippen LogP contribution in [0.3, 0.4) is 0 Å². The molecular formula is C11H10F3N3O. The Morgan fingerprint density at radius 2 is 2.06 bits per heavy atom. The number of halogens is 3. The summed E-state index contributed by atoms with van der Waals surface area (Å²) in [5, 5.41) is 0. The van der Waals surface area contributed by atoms with E-state index in [1.165, 1.54) is 30.0 Å². The number of alkyl halides is 3. The lowest BCUT2D eigenvalue weighted by Crippen LogP contribution is -2.06. The van der Waals surface area contributed by atoms with Gasteiger partial charge in [-0.05, 0) is 18.2 Å². The zero-order valence-electron chi connectivity index (χ0n) is 9.40. The highest BCUT2D eigenvalue weighted by Crippen LogP contribution is 2.31. The van der Waals surface area contributed by atoms with E-state index in [-0.39, 0.29) is 17.5 Å². The number of hydrogen-bond acceptors (Lipinski definition) is 3. The Bertz CT molecular complexity index is 563. The molecule has 2 N–H and O–H groups in total. The van der Waals surface area contributed by atoms with E-state index in [4.69, 9.17) is 10.5 Å². The van der Waals surface area contributed by atoms with Gasteiger partial charge in [0.05, 0.1) is 24.6 Å². The zero-order chi connectivity index (χ0) is 13.3.